The zero-order valence-electron chi connectivity index (χ0n) is 15.3. The second kappa shape index (κ2) is 8.78. The Bertz CT molecular complexity index is 651. The lowest BCUT2D eigenvalue weighted by molar-refractivity contribution is -0.137. The molecular formula is C18H29N3O3S. The first-order valence-electron chi connectivity index (χ1n) is 8.90. The molecule has 0 unspecified atom stereocenters. The molecule has 0 saturated carbocycles. The van der Waals surface area contributed by atoms with Gasteiger partial charge in [-0.05, 0) is 32.3 Å². The summed E-state index contributed by atoms with van der Waals surface area (Å²) >= 11 is 0. The van der Waals surface area contributed by atoms with E-state index in [0.29, 0.717) is 39.0 Å². The van der Waals surface area contributed by atoms with Crippen LogP contribution in [0, 0.1) is 0 Å². The quantitative estimate of drug-likeness (QED) is 0.795. The zero-order chi connectivity index (χ0) is 18.4. The first kappa shape index (κ1) is 19.9. The Morgan fingerprint density at radius 1 is 1.20 bits per heavy atom. The summed E-state index contributed by atoms with van der Waals surface area (Å²) in [4.78, 5) is 17.1. The van der Waals surface area contributed by atoms with Gasteiger partial charge < -0.3 is 4.90 Å². The van der Waals surface area contributed by atoms with Crippen LogP contribution >= 0.6 is 0 Å². The zero-order valence-corrected chi connectivity index (χ0v) is 16.1. The van der Waals surface area contributed by atoms with Gasteiger partial charge in [-0.1, -0.05) is 30.3 Å². The van der Waals surface area contributed by atoms with Gasteiger partial charge in [-0.15, -0.1) is 0 Å². The molecule has 1 aliphatic heterocycles. The second-order valence-electron chi connectivity index (χ2n) is 6.52. The molecule has 1 saturated heterocycles. The number of hydrogen-bond acceptors (Lipinski definition) is 4. The number of carbonyl (C=O) groups is 1. The van der Waals surface area contributed by atoms with Crippen LogP contribution in [-0.4, -0.2) is 62.6 Å². The molecule has 0 bridgehead atoms. The molecular weight excluding hydrogens is 338 g/mol. The minimum absolute atomic E-state index is 0.0498. The van der Waals surface area contributed by atoms with Gasteiger partial charge in [-0.2, -0.15) is 0 Å². The van der Waals surface area contributed by atoms with Crippen LogP contribution in [0.5, 0.6) is 0 Å². The van der Waals surface area contributed by atoms with E-state index in [1.54, 1.807) is 0 Å². The molecule has 1 aromatic carbocycles. The van der Waals surface area contributed by atoms with Crippen LogP contribution in [-0.2, 0) is 14.8 Å². The van der Waals surface area contributed by atoms with E-state index in [9.17, 15) is 13.2 Å². The number of rotatable bonds is 7. The molecule has 1 N–H and O–H groups in total. The van der Waals surface area contributed by atoms with Gasteiger partial charge in [0.15, 0.2) is 0 Å². The van der Waals surface area contributed by atoms with E-state index >= 15 is 0 Å². The SMILES string of the molecule is CCN(CC)C(=O)[C@H](c1ccccc1)N1CCC(NS(C)(=O)=O)CC1. The van der Waals surface area contributed by atoms with Gasteiger partial charge in [0.1, 0.15) is 6.04 Å². The molecule has 1 fully saturated rings. The van der Waals surface area contributed by atoms with Crippen molar-refractivity contribution >= 4 is 15.9 Å². The lowest BCUT2D eigenvalue weighted by Crippen LogP contribution is -2.49. The van der Waals surface area contributed by atoms with Crippen LogP contribution < -0.4 is 4.72 Å². The number of likely N-dealkylation sites (tertiary alicyclic amines) is 1. The van der Waals surface area contributed by atoms with E-state index in [1.165, 1.54) is 6.26 Å². The third kappa shape index (κ3) is 5.52. The largest absolute Gasteiger partial charge is 0.342 e. The van der Waals surface area contributed by atoms with Gasteiger partial charge in [0.25, 0.3) is 0 Å². The highest BCUT2D eigenvalue weighted by Gasteiger charge is 2.33. The highest BCUT2D eigenvalue weighted by molar-refractivity contribution is 7.88. The molecule has 1 aromatic rings. The predicted octanol–water partition coefficient (Wildman–Crippen LogP) is 1.61. The van der Waals surface area contributed by atoms with Crippen molar-refractivity contribution in [3.05, 3.63) is 35.9 Å². The van der Waals surface area contributed by atoms with E-state index < -0.39 is 10.0 Å². The maximum Gasteiger partial charge on any atom is 0.244 e. The summed E-state index contributed by atoms with van der Waals surface area (Å²) in [6, 6.07) is 9.49. The Labute approximate surface area is 151 Å². The smallest absolute Gasteiger partial charge is 0.244 e. The van der Waals surface area contributed by atoms with E-state index in [1.807, 2.05) is 49.1 Å². The van der Waals surface area contributed by atoms with Crippen LogP contribution in [0.1, 0.15) is 38.3 Å². The lowest BCUT2D eigenvalue weighted by Gasteiger charge is -2.38. The van der Waals surface area contributed by atoms with Crippen molar-refractivity contribution in [3.8, 4) is 0 Å². The van der Waals surface area contributed by atoms with Gasteiger partial charge >= 0.3 is 0 Å². The fraction of sp³-hybridized carbons (Fsp3) is 0.611. The summed E-state index contributed by atoms with van der Waals surface area (Å²) in [6.07, 6.45) is 2.61. The number of piperidine rings is 1. The van der Waals surface area contributed by atoms with Gasteiger partial charge in [0.05, 0.1) is 6.26 Å². The van der Waals surface area contributed by atoms with E-state index in [-0.39, 0.29) is 18.0 Å². The van der Waals surface area contributed by atoms with Crippen LogP contribution in [0.2, 0.25) is 0 Å². The number of benzene rings is 1. The average Bonchev–Trinajstić information content (AvgIpc) is 2.57. The summed E-state index contributed by atoms with van der Waals surface area (Å²) < 4.78 is 25.5. The maximum absolute atomic E-state index is 13.1. The van der Waals surface area contributed by atoms with Crippen molar-refractivity contribution in [1.82, 2.24) is 14.5 Å². The van der Waals surface area contributed by atoms with Crippen LogP contribution in [0.3, 0.4) is 0 Å². The lowest BCUT2D eigenvalue weighted by atomic mass is 9.98. The van der Waals surface area contributed by atoms with Crippen molar-refractivity contribution in [2.24, 2.45) is 0 Å². The number of hydrogen-bond donors (Lipinski definition) is 1. The average molecular weight is 368 g/mol. The van der Waals surface area contributed by atoms with Gasteiger partial charge in [0.2, 0.25) is 15.9 Å². The van der Waals surface area contributed by atoms with Crippen LogP contribution in [0.4, 0.5) is 0 Å². The topological polar surface area (TPSA) is 69.7 Å². The molecule has 0 spiro atoms. The molecule has 25 heavy (non-hydrogen) atoms. The van der Waals surface area contributed by atoms with Crippen molar-refractivity contribution < 1.29 is 13.2 Å². The van der Waals surface area contributed by atoms with Gasteiger partial charge in [-0.25, -0.2) is 13.1 Å². The van der Waals surface area contributed by atoms with Crippen LogP contribution in [0.15, 0.2) is 30.3 Å². The number of carbonyl (C=O) groups excluding carboxylic acids is 1. The molecule has 1 atom stereocenters. The Morgan fingerprint density at radius 3 is 2.24 bits per heavy atom. The maximum atomic E-state index is 13.1. The van der Waals surface area contributed by atoms with Crippen molar-refractivity contribution in [3.63, 3.8) is 0 Å². The fourth-order valence-electron chi connectivity index (χ4n) is 3.43. The molecule has 0 aromatic heterocycles. The highest BCUT2D eigenvalue weighted by atomic mass is 32.2. The first-order valence-corrected chi connectivity index (χ1v) is 10.8. The second-order valence-corrected chi connectivity index (χ2v) is 8.30. The monoisotopic (exact) mass is 367 g/mol. The van der Waals surface area contributed by atoms with Crippen molar-refractivity contribution in [2.75, 3.05) is 32.4 Å². The first-order chi connectivity index (χ1) is 11.9. The van der Waals surface area contributed by atoms with Gasteiger partial charge in [0, 0.05) is 32.2 Å². The number of amides is 1. The molecule has 140 valence electrons. The Kier molecular flexibility index (Phi) is 6.98. The third-order valence-corrected chi connectivity index (χ3v) is 5.46. The Morgan fingerprint density at radius 2 is 1.76 bits per heavy atom. The standard InChI is InChI=1S/C18H29N3O3S/c1-4-20(5-2)18(22)17(15-9-7-6-8-10-15)21-13-11-16(12-14-21)19-25(3,23)24/h6-10,16-17,19H,4-5,11-14H2,1-3H3/t17-/m0/s1. The predicted molar refractivity (Wildman–Crippen MR) is 99.7 cm³/mol. The third-order valence-electron chi connectivity index (χ3n) is 4.70. The van der Waals surface area contributed by atoms with Gasteiger partial charge in [-0.3, -0.25) is 9.69 Å². The summed E-state index contributed by atoms with van der Waals surface area (Å²) in [6.45, 7) is 6.74. The number of likely N-dealkylation sites (N-methyl/N-ethyl adjacent to an activating group) is 1. The summed E-state index contributed by atoms with van der Waals surface area (Å²) in [7, 11) is -3.19. The summed E-state index contributed by atoms with van der Waals surface area (Å²) in [5.41, 5.74) is 0.994. The fourth-order valence-corrected chi connectivity index (χ4v) is 4.27. The summed E-state index contributed by atoms with van der Waals surface area (Å²) in [5, 5.41) is 0. The molecule has 0 radical (unpaired) electrons. The van der Waals surface area contributed by atoms with E-state index in [2.05, 4.69) is 9.62 Å². The molecule has 1 aliphatic rings. The number of sulfonamides is 1. The Balaban J connectivity index is 2.16. The Hall–Kier alpha value is -1.44. The molecule has 7 heteroatoms. The number of nitrogens with zero attached hydrogens (tertiary/aromatic N) is 2. The molecule has 1 heterocycles. The minimum atomic E-state index is -3.19. The summed E-state index contributed by atoms with van der Waals surface area (Å²) in [5.74, 6) is 0.116. The molecule has 0 aliphatic carbocycles. The normalized spacial score (nSPS) is 18.0. The highest BCUT2D eigenvalue weighted by Crippen LogP contribution is 2.27. The molecule has 2 rings (SSSR count). The number of nitrogens with one attached hydrogen (secondary N) is 1. The molecule has 6 nitrogen and oxygen atoms in total. The molecule has 1 amide bonds. The van der Waals surface area contributed by atoms with E-state index in [4.69, 9.17) is 0 Å². The minimum Gasteiger partial charge on any atom is -0.342 e. The van der Waals surface area contributed by atoms with Crippen molar-refractivity contribution in [2.45, 2.75) is 38.8 Å². The van der Waals surface area contributed by atoms with Crippen molar-refractivity contribution in [1.29, 1.82) is 0 Å². The van der Waals surface area contributed by atoms with E-state index in [0.717, 1.165) is 5.56 Å². The van der Waals surface area contributed by atoms with Crippen LogP contribution in [0.25, 0.3) is 0 Å².